The zero-order valence-electron chi connectivity index (χ0n) is 17.0. The van der Waals surface area contributed by atoms with Crippen molar-refractivity contribution in [2.45, 2.75) is 70.6 Å². The molecule has 0 unspecified atom stereocenters. The van der Waals surface area contributed by atoms with Gasteiger partial charge in [0.2, 0.25) is 0 Å². The quantitative estimate of drug-likeness (QED) is 0.651. The fourth-order valence-corrected chi connectivity index (χ4v) is 5.46. The maximum atomic E-state index is 4.95. The van der Waals surface area contributed by atoms with Gasteiger partial charge < -0.3 is 4.90 Å². The zero-order valence-corrected chi connectivity index (χ0v) is 17.8. The molecule has 6 nitrogen and oxygen atoms in total. The Bertz CT molecular complexity index is 967. The zero-order chi connectivity index (χ0) is 19.3. The molecule has 0 atom stereocenters. The molecule has 0 spiro atoms. The second kappa shape index (κ2) is 6.79. The van der Waals surface area contributed by atoms with E-state index in [9.17, 15) is 0 Å². The van der Waals surface area contributed by atoms with Crippen LogP contribution in [0.25, 0.3) is 5.65 Å². The smallest absolute Gasteiger partial charge is 0.185 e. The van der Waals surface area contributed by atoms with Gasteiger partial charge in [-0.1, -0.05) is 20.8 Å². The Morgan fingerprint density at radius 1 is 1.04 bits per heavy atom. The van der Waals surface area contributed by atoms with Gasteiger partial charge in [-0.2, -0.15) is 9.61 Å². The van der Waals surface area contributed by atoms with Crippen molar-refractivity contribution in [3.05, 3.63) is 34.2 Å². The molecule has 2 aliphatic rings. The Balaban J connectivity index is 1.35. The summed E-state index contributed by atoms with van der Waals surface area (Å²) in [5.41, 5.74) is 3.30. The van der Waals surface area contributed by atoms with Gasteiger partial charge in [0.25, 0.3) is 0 Å². The van der Waals surface area contributed by atoms with Gasteiger partial charge in [0, 0.05) is 29.3 Å². The highest BCUT2D eigenvalue weighted by Gasteiger charge is 2.28. The number of anilines is 1. The molecule has 0 radical (unpaired) electrons. The molecule has 1 fully saturated rings. The van der Waals surface area contributed by atoms with E-state index in [0.29, 0.717) is 5.92 Å². The van der Waals surface area contributed by atoms with Gasteiger partial charge >= 0.3 is 0 Å². The number of piperidine rings is 1. The van der Waals surface area contributed by atoms with Crippen LogP contribution in [0.3, 0.4) is 0 Å². The summed E-state index contributed by atoms with van der Waals surface area (Å²) >= 11 is 1.92. The lowest BCUT2D eigenvalue weighted by Crippen LogP contribution is -2.33. The molecular weight excluding hydrogens is 368 g/mol. The van der Waals surface area contributed by atoms with Crippen molar-refractivity contribution >= 4 is 22.1 Å². The third-order valence-electron chi connectivity index (χ3n) is 6.02. The maximum Gasteiger partial charge on any atom is 0.185 e. The number of nitrogens with zero attached hydrogens (tertiary/aromatic N) is 6. The van der Waals surface area contributed by atoms with Gasteiger partial charge in [-0.25, -0.2) is 4.98 Å². The lowest BCUT2D eigenvalue weighted by atomic mass is 9.92. The molecule has 7 heteroatoms. The molecule has 3 aromatic heterocycles. The highest BCUT2D eigenvalue weighted by atomic mass is 32.1. The molecular formula is C21H28N6S. The van der Waals surface area contributed by atoms with Crippen LogP contribution in [0.5, 0.6) is 0 Å². The molecule has 148 valence electrons. The van der Waals surface area contributed by atoms with Crippen LogP contribution >= 0.6 is 11.3 Å². The summed E-state index contributed by atoms with van der Waals surface area (Å²) in [4.78, 5) is 8.94. The minimum atomic E-state index is 0.0169. The third kappa shape index (κ3) is 3.19. The van der Waals surface area contributed by atoms with E-state index in [4.69, 9.17) is 10.1 Å². The van der Waals surface area contributed by atoms with E-state index in [0.717, 1.165) is 49.5 Å². The van der Waals surface area contributed by atoms with E-state index in [1.165, 1.54) is 35.0 Å². The van der Waals surface area contributed by atoms with Gasteiger partial charge in [-0.15, -0.1) is 21.5 Å². The molecule has 5 rings (SSSR count). The van der Waals surface area contributed by atoms with Gasteiger partial charge in [0.1, 0.15) is 0 Å². The highest BCUT2D eigenvalue weighted by Crippen LogP contribution is 2.35. The van der Waals surface area contributed by atoms with E-state index in [2.05, 4.69) is 41.9 Å². The predicted molar refractivity (Wildman–Crippen MR) is 112 cm³/mol. The Morgan fingerprint density at radius 3 is 2.57 bits per heavy atom. The standard InChI is InChI=1S/C21H28N6S/c1-21(2,3)17-8-9-18-23-24-19(27(18)25-17)14-10-12-26(13-11-14)20-22-15-6-4-5-7-16(15)28-20/h8-9,14H,4-7,10-13H2,1-3H3. The Hall–Kier alpha value is -2.02. The topological polar surface area (TPSA) is 59.2 Å². The van der Waals surface area contributed by atoms with Crippen LogP contribution in [0.15, 0.2) is 12.1 Å². The van der Waals surface area contributed by atoms with Crippen LogP contribution in [0.1, 0.15) is 74.5 Å². The molecule has 0 bridgehead atoms. The molecule has 1 aliphatic heterocycles. The summed E-state index contributed by atoms with van der Waals surface area (Å²) in [5.74, 6) is 1.42. The minimum Gasteiger partial charge on any atom is -0.348 e. The second-order valence-electron chi connectivity index (χ2n) is 9.13. The average Bonchev–Trinajstić information content (AvgIpc) is 3.31. The fraction of sp³-hybridized carbons (Fsp3) is 0.619. The molecule has 28 heavy (non-hydrogen) atoms. The Labute approximate surface area is 170 Å². The molecule has 1 aliphatic carbocycles. The number of rotatable bonds is 2. The third-order valence-corrected chi connectivity index (χ3v) is 7.24. The Kier molecular flexibility index (Phi) is 4.38. The first kappa shape index (κ1) is 18.0. The van der Waals surface area contributed by atoms with Crippen LogP contribution in [0.2, 0.25) is 0 Å². The number of fused-ring (bicyclic) bond motifs is 2. The van der Waals surface area contributed by atoms with Crippen LogP contribution in [0.4, 0.5) is 5.13 Å². The van der Waals surface area contributed by atoms with E-state index in [-0.39, 0.29) is 5.41 Å². The van der Waals surface area contributed by atoms with Crippen LogP contribution < -0.4 is 4.90 Å². The summed E-state index contributed by atoms with van der Waals surface area (Å²) in [6, 6.07) is 4.11. The number of thiazole rings is 1. The van der Waals surface area contributed by atoms with E-state index < -0.39 is 0 Å². The second-order valence-corrected chi connectivity index (χ2v) is 10.2. The lowest BCUT2D eigenvalue weighted by Gasteiger charge is -2.30. The largest absolute Gasteiger partial charge is 0.348 e. The summed E-state index contributed by atoms with van der Waals surface area (Å²) in [7, 11) is 0. The molecule has 3 aromatic rings. The van der Waals surface area contributed by atoms with Crippen molar-refractivity contribution in [2.24, 2.45) is 0 Å². The predicted octanol–water partition coefficient (Wildman–Crippen LogP) is 4.14. The fourth-order valence-electron chi connectivity index (χ4n) is 4.26. The van der Waals surface area contributed by atoms with Crippen molar-refractivity contribution in [1.82, 2.24) is 24.8 Å². The van der Waals surface area contributed by atoms with Crippen molar-refractivity contribution < 1.29 is 0 Å². The normalized spacial score (nSPS) is 18.6. The lowest BCUT2D eigenvalue weighted by molar-refractivity contribution is 0.472. The highest BCUT2D eigenvalue weighted by molar-refractivity contribution is 7.15. The summed E-state index contributed by atoms with van der Waals surface area (Å²) in [5, 5.41) is 15.0. The van der Waals surface area contributed by atoms with E-state index in [1.54, 1.807) is 0 Å². The van der Waals surface area contributed by atoms with Gasteiger partial charge in [0.05, 0.1) is 11.4 Å². The number of aryl methyl sites for hydroxylation is 2. The van der Waals surface area contributed by atoms with Crippen LogP contribution in [0, 0.1) is 0 Å². The first-order valence-corrected chi connectivity index (χ1v) is 11.3. The van der Waals surface area contributed by atoms with E-state index in [1.807, 2.05) is 21.9 Å². The summed E-state index contributed by atoms with van der Waals surface area (Å²) < 4.78 is 1.98. The number of aromatic nitrogens is 5. The summed E-state index contributed by atoms with van der Waals surface area (Å²) in [6.07, 6.45) is 7.15. The van der Waals surface area contributed by atoms with Crippen LogP contribution in [-0.4, -0.2) is 37.9 Å². The van der Waals surface area contributed by atoms with Crippen molar-refractivity contribution in [3.63, 3.8) is 0 Å². The Morgan fingerprint density at radius 2 is 1.82 bits per heavy atom. The molecule has 0 aromatic carbocycles. The van der Waals surface area contributed by atoms with Crippen LogP contribution in [-0.2, 0) is 18.3 Å². The van der Waals surface area contributed by atoms with E-state index >= 15 is 0 Å². The van der Waals surface area contributed by atoms with Gasteiger partial charge in [-0.05, 0) is 50.7 Å². The number of hydrogen-bond acceptors (Lipinski definition) is 6. The molecule has 1 saturated heterocycles. The molecule has 0 N–H and O–H groups in total. The van der Waals surface area contributed by atoms with Gasteiger partial charge in [0.15, 0.2) is 16.6 Å². The first-order chi connectivity index (χ1) is 13.5. The first-order valence-electron chi connectivity index (χ1n) is 10.5. The minimum absolute atomic E-state index is 0.0169. The van der Waals surface area contributed by atoms with Crippen molar-refractivity contribution in [1.29, 1.82) is 0 Å². The SMILES string of the molecule is CC(C)(C)c1ccc2nnc(C3CCN(c4nc5c(s4)CCCC5)CC3)n2n1. The molecule has 0 saturated carbocycles. The number of hydrogen-bond donors (Lipinski definition) is 0. The van der Waals surface area contributed by atoms with Crippen molar-refractivity contribution in [2.75, 3.05) is 18.0 Å². The summed E-state index contributed by atoms with van der Waals surface area (Å²) in [6.45, 7) is 8.64. The molecule has 4 heterocycles. The van der Waals surface area contributed by atoms with Gasteiger partial charge in [-0.3, -0.25) is 0 Å². The monoisotopic (exact) mass is 396 g/mol. The average molecular weight is 397 g/mol. The molecule has 0 amide bonds. The van der Waals surface area contributed by atoms with Crippen molar-refractivity contribution in [3.8, 4) is 0 Å². The maximum absolute atomic E-state index is 4.95.